The zero-order valence-electron chi connectivity index (χ0n) is 19.2. The fourth-order valence-corrected chi connectivity index (χ4v) is 3.97. The van der Waals surface area contributed by atoms with E-state index in [0.29, 0.717) is 13.2 Å². The molecular weight excluding hydrogens is 519 g/mol. The summed E-state index contributed by atoms with van der Waals surface area (Å²) in [4.78, 5) is 7.07. The molecule has 1 fully saturated rings. The van der Waals surface area contributed by atoms with Crippen LogP contribution < -0.4 is 10.6 Å². The normalized spacial score (nSPS) is 18.6. The third-order valence-electron chi connectivity index (χ3n) is 5.77. The van der Waals surface area contributed by atoms with Crippen LogP contribution in [0.2, 0.25) is 0 Å². The van der Waals surface area contributed by atoms with Crippen LogP contribution in [0.5, 0.6) is 0 Å². The molecule has 2 aromatic rings. The van der Waals surface area contributed by atoms with E-state index < -0.39 is 0 Å². The Morgan fingerprint density at radius 2 is 1.97 bits per heavy atom. The van der Waals surface area contributed by atoms with Gasteiger partial charge < -0.3 is 24.9 Å². The van der Waals surface area contributed by atoms with Crippen LogP contribution in [-0.2, 0) is 24.4 Å². The predicted octanol–water partition coefficient (Wildman–Crippen LogP) is 3.37. The number of furan rings is 1. The van der Waals surface area contributed by atoms with Crippen LogP contribution in [0.3, 0.4) is 0 Å². The molecule has 32 heavy (non-hydrogen) atoms. The van der Waals surface area contributed by atoms with Crippen molar-refractivity contribution < 1.29 is 14.3 Å². The van der Waals surface area contributed by atoms with Crippen molar-refractivity contribution in [1.82, 2.24) is 15.5 Å². The number of nitrogens with zero attached hydrogens (tertiary/aromatic N) is 2. The number of guanidine groups is 1. The van der Waals surface area contributed by atoms with E-state index in [-0.39, 0.29) is 36.0 Å². The summed E-state index contributed by atoms with van der Waals surface area (Å²) < 4.78 is 11.1. The Labute approximate surface area is 208 Å². The number of aliphatic hydroxyl groups is 1. The van der Waals surface area contributed by atoms with Gasteiger partial charge in [0.1, 0.15) is 5.76 Å². The Hall–Kier alpha value is -1.62. The highest BCUT2D eigenvalue weighted by molar-refractivity contribution is 14.0. The molecule has 3 rings (SSSR count). The highest BCUT2D eigenvalue weighted by Crippen LogP contribution is 2.31. The molecule has 0 amide bonds. The van der Waals surface area contributed by atoms with Gasteiger partial charge >= 0.3 is 0 Å². The molecule has 1 aromatic heterocycles. The second kappa shape index (κ2) is 13.8. The summed E-state index contributed by atoms with van der Waals surface area (Å²) in [6.45, 7) is 7.42. The molecule has 1 aromatic carbocycles. The molecule has 0 aliphatic carbocycles. The highest BCUT2D eigenvalue weighted by atomic mass is 127. The molecule has 0 saturated carbocycles. The van der Waals surface area contributed by atoms with Crippen molar-refractivity contribution in [3.05, 3.63) is 59.5 Å². The Bertz CT molecular complexity index is 807. The first-order chi connectivity index (χ1) is 15.1. The fraction of sp³-hybridized carbons (Fsp3) is 0.542. The van der Waals surface area contributed by atoms with Gasteiger partial charge in [0.05, 0.1) is 26.0 Å². The standard InChI is InChI=1S/C24H36N4O3.HI/c1-3-25-23(27-18-24(10-12-29)11-14-30-19-24)26-15-20-7-4-5-8-21(20)16-28(2)17-22-9-6-13-31-22;/h4-9,13,29H,3,10-12,14-19H2,1-2H3,(H2,25,26,27);1H. The molecule has 178 valence electrons. The SMILES string of the molecule is CCNC(=NCc1ccccc1CN(C)Cc1ccco1)NCC1(CCO)CCOC1.I. The minimum Gasteiger partial charge on any atom is -0.468 e. The summed E-state index contributed by atoms with van der Waals surface area (Å²) in [5.74, 6) is 1.76. The number of aliphatic imine (C=N–C) groups is 1. The van der Waals surface area contributed by atoms with Crippen LogP contribution in [0, 0.1) is 5.41 Å². The maximum atomic E-state index is 9.46. The number of hydrogen-bond acceptors (Lipinski definition) is 5. The van der Waals surface area contributed by atoms with Gasteiger partial charge in [-0.25, -0.2) is 4.99 Å². The van der Waals surface area contributed by atoms with Crippen molar-refractivity contribution in [2.75, 3.05) is 40.0 Å². The third kappa shape index (κ3) is 8.06. The van der Waals surface area contributed by atoms with Gasteiger partial charge in [-0.2, -0.15) is 0 Å². The zero-order valence-corrected chi connectivity index (χ0v) is 21.5. The molecule has 1 atom stereocenters. The van der Waals surface area contributed by atoms with Gasteiger partial charge in [0.15, 0.2) is 5.96 Å². The average Bonchev–Trinajstić information content (AvgIpc) is 3.44. The first-order valence-corrected chi connectivity index (χ1v) is 11.1. The minimum atomic E-state index is -0.0165. The van der Waals surface area contributed by atoms with Crippen molar-refractivity contribution >= 4 is 29.9 Å². The first kappa shape index (κ1) is 26.6. The molecule has 0 spiro atoms. The lowest BCUT2D eigenvalue weighted by atomic mass is 9.84. The van der Waals surface area contributed by atoms with Crippen molar-refractivity contribution in [1.29, 1.82) is 0 Å². The van der Waals surface area contributed by atoms with Crippen molar-refractivity contribution in [3.8, 4) is 0 Å². The monoisotopic (exact) mass is 556 g/mol. The lowest BCUT2D eigenvalue weighted by molar-refractivity contribution is 0.127. The van der Waals surface area contributed by atoms with Crippen molar-refractivity contribution in [3.63, 3.8) is 0 Å². The maximum absolute atomic E-state index is 9.46. The third-order valence-corrected chi connectivity index (χ3v) is 5.77. The summed E-state index contributed by atoms with van der Waals surface area (Å²) >= 11 is 0. The molecule has 1 unspecified atom stereocenters. The molecule has 1 saturated heterocycles. The van der Waals surface area contributed by atoms with E-state index in [1.54, 1.807) is 6.26 Å². The molecule has 3 N–H and O–H groups in total. The Kier molecular flexibility index (Phi) is 11.5. The van der Waals surface area contributed by atoms with Crippen LogP contribution in [0.4, 0.5) is 0 Å². The maximum Gasteiger partial charge on any atom is 0.191 e. The molecule has 0 bridgehead atoms. The van der Waals surface area contributed by atoms with Gasteiger partial charge in [-0.3, -0.25) is 4.90 Å². The predicted molar refractivity (Wildman–Crippen MR) is 138 cm³/mol. The minimum absolute atomic E-state index is 0. The highest BCUT2D eigenvalue weighted by Gasteiger charge is 2.34. The van der Waals surface area contributed by atoms with E-state index >= 15 is 0 Å². The largest absolute Gasteiger partial charge is 0.468 e. The van der Waals surface area contributed by atoms with Crippen LogP contribution in [0.15, 0.2) is 52.1 Å². The number of hydrogen-bond donors (Lipinski definition) is 3. The van der Waals surface area contributed by atoms with Gasteiger partial charge in [-0.05, 0) is 50.1 Å². The lowest BCUT2D eigenvalue weighted by Gasteiger charge is -2.27. The Morgan fingerprint density at radius 1 is 1.16 bits per heavy atom. The lowest BCUT2D eigenvalue weighted by Crippen LogP contribution is -2.44. The fourth-order valence-electron chi connectivity index (χ4n) is 3.97. The van der Waals surface area contributed by atoms with E-state index in [2.05, 4.69) is 53.8 Å². The number of benzene rings is 1. The number of nitrogens with one attached hydrogen (secondary N) is 2. The number of rotatable bonds is 11. The van der Waals surface area contributed by atoms with Crippen LogP contribution in [0.1, 0.15) is 36.7 Å². The molecule has 7 nitrogen and oxygen atoms in total. The summed E-state index contributed by atoms with van der Waals surface area (Å²) in [6.07, 6.45) is 3.42. The second-order valence-electron chi connectivity index (χ2n) is 8.35. The summed E-state index contributed by atoms with van der Waals surface area (Å²) in [7, 11) is 2.10. The summed E-state index contributed by atoms with van der Waals surface area (Å²) in [6, 6.07) is 12.4. The van der Waals surface area contributed by atoms with Crippen LogP contribution in [0.25, 0.3) is 0 Å². The summed E-state index contributed by atoms with van der Waals surface area (Å²) in [5, 5.41) is 16.3. The molecular formula is C24H37IN4O3. The van der Waals surface area contributed by atoms with Gasteiger partial charge in [-0.15, -0.1) is 24.0 Å². The quantitative estimate of drug-likeness (QED) is 0.224. The number of aliphatic hydroxyl groups excluding tert-OH is 1. The average molecular weight is 556 g/mol. The first-order valence-electron chi connectivity index (χ1n) is 11.1. The molecule has 8 heteroatoms. The molecule has 1 aliphatic rings. The van der Waals surface area contributed by atoms with E-state index in [4.69, 9.17) is 14.1 Å². The second-order valence-corrected chi connectivity index (χ2v) is 8.35. The zero-order chi connectivity index (χ0) is 21.9. The van der Waals surface area contributed by atoms with E-state index in [9.17, 15) is 5.11 Å². The van der Waals surface area contributed by atoms with Crippen molar-refractivity contribution in [2.45, 2.75) is 39.4 Å². The number of ether oxygens (including phenoxy) is 1. The van der Waals surface area contributed by atoms with Crippen LogP contribution in [-0.4, -0.2) is 55.9 Å². The number of halogens is 1. The smallest absolute Gasteiger partial charge is 0.191 e. The van der Waals surface area contributed by atoms with Gasteiger partial charge in [0.2, 0.25) is 0 Å². The Morgan fingerprint density at radius 3 is 2.62 bits per heavy atom. The Balaban J connectivity index is 0.00000363. The van der Waals surface area contributed by atoms with Crippen LogP contribution >= 0.6 is 24.0 Å². The van der Waals surface area contributed by atoms with E-state index in [1.807, 2.05) is 12.1 Å². The molecule has 1 aliphatic heterocycles. The molecule has 2 heterocycles. The van der Waals surface area contributed by atoms with E-state index in [1.165, 1.54) is 11.1 Å². The topological polar surface area (TPSA) is 82.3 Å². The van der Waals surface area contributed by atoms with Gasteiger partial charge in [0, 0.05) is 38.3 Å². The van der Waals surface area contributed by atoms with Crippen molar-refractivity contribution in [2.24, 2.45) is 10.4 Å². The molecule has 0 radical (unpaired) electrons. The summed E-state index contributed by atoms with van der Waals surface area (Å²) in [5.41, 5.74) is 2.45. The van der Waals surface area contributed by atoms with E-state index in [0.717, 1.165) is 57.3 Å². The van der Waals surface area contributed by atoms with Gasteiger partial charge in [0.25, 0.3) is 0 Å². The van der Waals surface area contributed by atoms with Gasteiger partial charge in [-0.1, -0.05) is 24.3 Å².